The lowest BCUT2D eigenvalue weighted by Gasteiger charge is -2.36. The number of nitrogens with zero attached hydrogens (tertiary/aromatic N) is 3. The number of hydrogen-bond acceptors (Lipinski definition) is 5. The molecule has 0 fully saturated rings. The molecular weight excluding hydrogens is 308 g/mol. The van der Waals surface area contributed by atoms with Gasteiger partial charge >= 0.3 is 0 Å². The van der Waals surface area contributed by atoms with Gasteiger partial charge in [0.2, 0.25) is 5.91 Å². The Labute approximate surface area is 132 Å². The quantitative estimate of drug-likeness (QED) is 0.906. The van der Waals surface area contributed by atoms with Crippen LogP contribution in [0.25, 0.3) is 0 Å². The molecule has 1 aromatic heterocycles. The number of pyridine rings is 1. The molecule has 2 heterocycles. The molecule has 8 heteroatoms. The second-order valence-corrected chi connectivity index (χ2v) is 5.74. The number of alkyl halides is 2. The minimum atomic E-state index is -3.39. The van der Waals surface area contributed by atoms with Gasteiger partial charge in [-0.05, 0) is 6.92 Å². The van der Waals surface area contributed by atoms with E-state index in [-0.39, 0.29) is 25.3 Å². The maximum absolute atomic E-state index is 13.8. The summed E-state index contributed by atoms with van der Waals surface area (Å²) in [5, 5.41) is 18.4. The SMILES string of the molecule is CC(F)(F)C(C)(CO)C(=O)N1CCOc2c(C#N)cncc2C1. The Morgan fingerprint density at radius 2 is 2.22 bits per heavy atom. The standard InChI is InChI=1S/C15H17F2N3O3/c1-14(9-21,15(2,16)17)13(22)20-3-4-23-12-10(5-18)6-19-7-11(12)8-20/h6-7,21H,3-4,8-9H2,1-2H3. The molecule has 0 saturated carbocycles. The Morgan fingerprint density at radius 1 is 1.52 bits per heavy atom. The first-order valence-corrected chi connectivity index (χ1v) is 7.02. The summed E-state index contributed by atoms with van der Waals surface area (Å²) < 4.78 is 33.1. The fourth-order valence-electron chi connectivity index (χ4n) is 2.31. The molecule has 0 aromatic carbocycles. The highest BCUT2D eigenvalue weighted by molar-refractivity contribution is 5.83. The van der Waals surface area contributed by atoms with Gasteiger partial charge in [0, 0.05) is 24.9 Å². The fourth-order valence-corrected chi connectivity index (χ4v) is 2.31. The maximum Gasteiger partial charge on any atom is 0.261 e. The Bertz CT molecular complexity index is 654. The van der Waals surface area contributed by atoms with Crippen molar-refractivity contribution in [3.05, 3.63) is 23.5 Å². The van der Waals surface area contributed by atoms with Crippen molar-refractivity contribution in [2.75, 3.05) is 19.8 Å². The predicted octanol–water partition coefficient (Wildman–Crippen LogP) is 1.33. The Hall–Kier alpha value is -2.27. The molecule has 0 spiro atoms. The molecule has 1 aliphatic rings. The topological polar surface area (TPSA) is 86.5 Å². The zero-order chi connectivity index (χ0) is 17.3. The number of rotatable bonds is 3. The minimum absolute atomic E-state index is 0.0116. The molecule has 1 N–H and O–H groups in total. The van der Waals surface area contributed by atoms with Crippen LogP contribution in [0.2, 0.25) is 0 Å². The number of fused-ring (bicyclic) bond motifs is 1. The van der Waals surface area contributed by atoms with Gasteiger partial charge in [-0.25, -0.2) is 8.78 Å². The average Bonchev–Trinajstić information content (AvgIpc) is 2.74. The first-order chi connectivity index (χ1) is 10.7. The summed E-state index contributed by atoms with van der Waals surface area (Å²) in [6, 6.07) is 1.94. The number of hydrogen-bond donors (Lipinski definition) is 1. The number of ether oxygens (including phenoxy) is 1. The molecule has 2 rings (SSSR count). The summed E-state index contributed by atoms with van der Waals surface area (Å²) in [5.41, 5.74) is -1.53. The van der Waals surface area contributed by atoms with E-state index in [2.05, 4.69) is 4.98 Å². The Balaban J connectivity index is 2.35. The van der Waals surface area contributed by atoms with Gasteiger partial charge in [-0.2, -0.15) is 5.26 Å². The van der Waals surface area contributed by atoms with Crippen molar-refractivity contribution in [3.63, 3.8) is 0 Å². The van der Waals surface area contributed by atoms with Crippen molar-refractivity contribution in [1.82, 2.24) is 9.88 Å². The van der Waals surface area contributed by atoms with Crippen LogP contribution in [0.15, 0.2) is 12.4 Å². The van der Waals surface area contributed by atoms with E-state index in [1.54, 1.807) is 0 Å². The molecule has 1 atom stereocenters. The first-order valence-electron chi connectivity index (χ1n) is 7.02. The van der Waals surface area contributed by atoms with E-state index in [4.69, 9.17) is 10.00 Å². The first kappa shape index (κ1) is 17.1. The van der Waals surface area contributed by atoms with Crippen LogP contribution in [-0.4, -0.2) is 46.6 Å². The van der Waals surface area contributed by atoms with Gasteiger partial charge < -0.3 is 14.7 Å². The van der Waals surface area contributed by atoms with Gasteiger partial charge in [0.05, 0.1) is 19.7 Å². The highest BCUT2D eigenvalue weighted by atomic mass is 19.3. The normalized spacial score (nSPS) is 17.3. The predicted molar refractivity (Wildman–Crippen MR) is 75.7 cm³/mol. The van der Waals surface area contributed by atoms with Gasteiger partial charge in [0.1, 0.15) is 29.4 Å². The molecule has 0 saturated heterocycles. The minimum Gasteiger partial charge on any atom is -0.490 e. The van der Waals surface area contributed by atoms with Crippen LogP contribution in [-0.2, 0) is 11.3 Å². The van der Waals surface area contributed by atoms with Crippen molar-refractivity contribution in [2.24, 2.45) is 5.41 Å². The van der Waals surface area contributed by atoms with Crippen LogP contribution in [0, 0.1) is 16.7 Å². The molecule has 1 amide bonds. The zero-order valence-electron chi connectivity index (χ0n) is 12.8. The maximum atomic E-state index is 13.8. The summed E-state index contributed by atoms with van der Waals surface area (Å²) in [6.07, 6.45) is 2.77. The van der Waals surface area contributed by atoms with Crippen LogP contribution in [0.1, 0.15) is 25.0 Å². The van der Waals surface area contributed by atoms with Crippen molar-refractivity contribution in [2.45, 2.75) is 26.3 Å². The van der Waals surface area contributed by atoms with Crippen molar-refractivity contribution < 1.29 is 23.4 Å². The molecule has 0 aliphatic carbocycles. The number of amides is 1. The van der Waals surface area contributed by atoms with E-state index in [1.165, 1.54) is 17.3 Å². The highest BCUT2D eigenvalue weighted by Crippen LogP contribution is 2.38. The lowest BCUT2D eigenvalue weighted by molar-refractivity contribution is -0.173. The third-order valence-electron chi connectivity index (χ3n) is 4.10. The highest BCUT2D eigenvalue weighted by Gasteiger charge is 2.53. The smallest absolute Gasteiger partial charge is 0.261 e. The van der Waals surface area contributed by atoms with E-state index >= 15 is 0 Å². The second-order valence-electron chi connectivity index (χ2n) is 5.74. The van der Waals surface area contributed by atoms with Gasteiger partial charge in [0.25, 0.3) is 5.92 Å². The van der Waals surface area contributed by atoms with Crippen LogP contribution in [0.5, 0.6) is 5.75 Å². The van der Waals surface area contributed by atoms with Gasteiger partial charge in [-0.3, -0.25) is 9.78 Å². The third-order valence-corrected chi connectivity index (χ3v) is 4.10. The number of carbonyl (C=O) groups is 1. The molecule has 0 radical (unpaired) electrons. The van der Waals surface area contributed by atoms with Gasteiger partial charge in [-0.1, -0.05) is 0 Å². The number of aliphatic hydroxyl groups is 1. The molecule has 1 unspecified atom stereocenters. The summed E-state index contributed by atoms with van der Waals surface area (Å²) >= 11 is 0. The number of halogens is 2. The molecule has 124 valence electrons. The van der Waals surface area contributed by atoms with Crippen molar-refractivity contribution in [1.29, 1.82) is 5.26 Å². The molecular formula is C15H17F2N3O3. The van der Waals surface area contributed by atoms with Crippen LogP contribution in [0.3, 0.4) is 0 Å². The zero-order valence-corrected chi connectivity index (χ0v) is 12.8. The summed E-state index contributed by atoms with van der Waals surface area (Å²) in [4.78, 5) is 17.7. The van der Waals surface area contributed by atoms with Crippen molar-refractivity contribution >= 4 is 5.91 Å². The van der Waals surface area contributed by atoms with Crippen LogP contribution >= 0.6 is 0 Å². The Morgan fingerprint density at radius 3 is 2.78 bits per heavy atom. The number of aromatic nitrogens is 1. The number of carbonyl (C=O) groups excluding carboxylic acids is 1. The number of nitriles is 1. The van der Waals surface area contributed by atoms with E-state index in [9.17, 15) is 18.7 Å². The summed E-state index contributed by atoms with van der Waals surface area (Å²) in [6.45, 7) is 0.793. The van der Waals surface area contributed by atoms with E-state index in [0.717, 1.165) is 6.92 Å². The van der Waals surface area contributed by atoms with Gasteiger partial charge in [-0.15, -0.1) is 0 Å². The fraction of sp³-hybridized carbons (Fsp3) is 0.533. The lowest BCUT2D eigenvalue weighted by Crippen LogP contribution is -2.53. The molecule has 6 nitrogen and oxygen atoms in total. The monoisotopic (exact) mass is 325 g/mol. The molecule has 23 heavy (non-hydrogen) atoms. The van der Waals surface area contributed by atoms with Crippen molar-refractivity contribution in [3.8, 4) is 11.8 Å². The Kier molecular flexibility index (Phi) is 4.52. The average molecular weight is 325 g/mol. The molecule has 1 aliphatic heterocycles. The largest absolute Gasteiger partial charge is 0.490 e. The second kappa shape index (κ2) is 6.08. The third kappa shape index (κ3) is 2.97. The molecule has 0 bridgehead atoms. The van der Waals surface area contributed by atoms with Crippen LogP contribution in [0.4, 0.5) is 8.78 Å². The van der Waals surface area contributed by atoms with Crippen LogP contribution < -0.4 is 4.74 Å². The molecule has 1 aromatic rings. The van der Waals surface area contributed by atoms with E-state index in [1.807, 2.05) is 6.07 Å². The summed E-state index contributed by atoms with van der Waals surface area (Å²) in [5.74, 6) is -3.94. The summed E-state index contributed by atoms with van der Waals surface area (Å²) in [7, 11) is 0. The van der Waals surface area contributed by atoms with E-state index < -0.39 is 23.9 Å². The number of aliphatic hydroxyl groups excluding tert-OH is 1. The van der Waals surface area contributed by atoms with E-state index in [0.29, 0.717) is 18.2 Å². The lowest BCUT2D eigenvalue weighted by atomic mass is 9.83. The van der Waals surface area contributed by atoms with Gasteiger partial charge in [0.15, 0.2) is 0 Å².